The monoisotopic (exact) mass is 244 g/mol. The van der Waals surface area contributed by atoms with E-state index in [2.05, 4.69) is 40.8 Å². The molecule has 2 heterocycles. The van der Waals surface area contributed by atoms with Crippen LogP contribution in [0.1, 0.15) is 31.2 Å². The molecule has 0 saturated carbocycles. The molecule has 3 nitrogen and oxygen atoms in total. The van der Waals surface area contributed by atoms with Crippen molar-refractivity contribution in [2.75, 3.05) is 13.1 Å². The number of oxime groups is 1. The second-order valence-corrected chi connectivity index (χ2v) is 5.34. The van der Waals surface area contributed by atoms with Gasteiger partial charge in [0.05, 0.1) is 5.71 Å². The first kappa shape index (κ1) is 11.7. The van der Waals surface area contributed by atoms with E-state index in [4.69, 9.17) is 4.84 Å². The molecule has 1 aromatic rings. The van der Waals surface area contributed by atoms with Crippen molar-refractivity contribution in [2.24, 2.45) is 5.16 Å². The average molecular weight is 244 g/mol. The third-order valence-corrected chi connectivity index (χ3v) is 3.95. The first-order valence-electron chi connectivity index (χ1n) is 6.85. The Morgan fingerprint density at radius 1 is 1.11 bits per heavy atom. The molecule has 2 aliphatic rings. The van der Waals surface area contributed by atoms with Gasteiger partial charge in [0.25, 0.3) is 0 Å². The molecule has 0 amide bonds. The van der Waals surface area contributed by atoms with Crippen LogP contribution in [-0.4, -0.2) is 24.4 Å². The summed E-state index contributed by atoms with van der Waals surface area (Å²) in [5.41, 5.74) is 2.64. The van der Waals surface area contributed by atoms with Crippen molar-refractivity contribution in [3.8, 4) is 0 Å². The maximum atomic E-state index is 5.73. The van der Waals surface area contributed by atoms with Crippen LogP contribution in [0.5, 0.6) is 0 Å². The van der Waals surface area contributed by atoms with Crippen LogP contribution in [0.3, 0.4) is 0 Å². The lowest BCUT2D eigenvalue weighted by Crippen LogP contribution is -2.42. The van der Waals surface area contributed by atoms with Crippen LogP contribution in [0.15, 0.2) is 35.5 Å². The van der Waals surface area contributed by atoms with Crippen LogP contribution in [-0.2, 0) is 11.3 Å². The fourth-order valence-electron chi connectivity index (χ4n) is 2.82. The highest BCUT2D eigenvalue weighted by Gasteiger charge is 2.39. The molecule has 96 valence electrons. The molecule has 3 rings (SSSR count). The number of piperidine rings is 1. The lowest BCUT2D eigenvalue weighted by Gasteiger charge is -2.30. The van der Waals surface area contributed by atoms with Gasteiger partial charge in [0.1, 0.15) is 5.60 Å². The van der Waals surface area contributed by atoms with Crippen LogP contribution in [0.4, 0.5) is 0 Å². The maximum absolute atomic E-state index is 5.73. The molecule has 0 unspecified atom stereocenters. The van der Waals surface area contributed by atoms with Crippen molar-refractivity contribution in [2.45, 2.75) is 37.7 Å². The second-order valence-electron chi connectivity index (χ2n) is 5.34. The zero-order chi connectivity index (χ0) is 12.3. The van der Waals surface area contributed by atoms with Crippen LogP contribution in [0, 0.1) is 0 Å². The van der Waals surface area contributed by atoms with Gasteiger partial charge in [-0.3, -0.25) is 0 Å². The lowest BCUT2D eigenvalue weighted by atomic mass is 9.86. The van der Waals surface area contributed by atoms with E-state index in [0.29, 0.717) is 0 Å². The Morgan fingerprint density at radius 2 is 1.89 bits per heavy atom. The summed E-state index contributed by atoms with van der Waals surface area (Å²) < 4.78 is 0. The third kappa shape index (κ3) is 2.56. The summed E-state index contributed by atoms with van der Waals surface area (Å²) in [4.78, 5) is 5.73. The van der Waals surface area contributed by atoms with Gasteiger partial charge in [-0.1, -0.05) is 35.5 Å². The van der Waals surface area contributed by atoms with E-state index in [-0.39, 0.29) is 5.60 Å². The van der Waals surface area contributed by atoms with Crippen molar-refractivity contribution in [3.05, 3.63) is 35.9 Å². The summed E-state index contributed by atoms with van der Waals surface area (Å²) in [6, 6.07) is 10.6. The molecule has 3 heteroatoms. The van der Waals surface area contributed by atoms with Crippen LogP contribution in [0.2, 0.25) is 0 Å². The Morgan fingerprint density at radius 3 is 2.67 bits per heavy atom. The van der Waals surface area contributed by atoms with E-state index in [0.717, 1.165) is 45.2 Å². The van der Waals surface area contributed by atoms with Gasteiger partial charge in [-0.25, -0.2) is 0 Å². The molecule has 1 saturated heterocycles. The van der Waals surface area contributed by atoms with E-state index < -0.39 is 0 Å². The standard InChI is InChI=1S/C15H20N2O/c1-2-4-13(5-3-1)6-7-14-12-15(18-17-14)8-10-16-11-9-15/h1-5,16H,6-12H2. The minimum absolute atomic E-state index is 0.0251. The highest BCUT2D eigenvalue weighted by atomic mass is 16.7. The molecule has 2 aliphatic heterocycles. The number of hydrogen-bond acceptors (Lipinski definition) is 3. The average Bonchev–Trinajstić information content (AvgIpc) is 2.82. The Hall–Kier alpha value is -1.35. The van der Waals surface area contributed by atoms with Crippen LogP contribution in [0.25, 0.3) is 0 Å². The van der Waals surface area contributed by atoms with Crippen molar-refractivity contribution < 1.29 is 4.84 Å². The van der Waals surface area contributed by atoms with E-state index in [1.165, 1.54) is 11.3 Å². The first-order valence-corrected chi connectivity index (χ1v) is 6.85. The third-order valence-electron chi connectivity index (χ3n) is 3.95. The Kier molecular flexibility index (Phi) is 3.33. The SMILES string of the molecule is c1ccc(CCC2=NOC3(CCNCC3)C2)cc1. The number of aryl methyl sites for hydroxylation is 1. The second kappa shape index (κ2) is 5.11. The first-order chi connectivity index (χ1) is 8.86. The predicted octanol–water partition coefficient (Wildman–Crippen LogP) is 2.52. The molecular formula is C15H20N2O. The number of nitrogens with zero attached hydrogens (tertiary/aromatic N) is 1. The lowest BCUT2D eigenvalue weighted by molar-refractivity contribution is -0.0400. The van der Waals surface area contributed by atoms with Gasteiger partial charge in [0.2, 0.25) is 0 Å². The molecular weight excluding hydrogens is 224 g/mol. The molecule has 0 aromatic heterocycles. The summed E-state index contributed by atoms with van der Waals surface area (Å²) in [7, 11) is 0. The van der Waals surface area contributed by atoms with E-state index in [1.54, 1.807) is 0 Å². The topological polar surface area (TPSA) is 33.6 Å². The number of rotatable bonds is 3. The fourth-order valence-corrected chi connectivity index (χ4v) is 2.82. The van der Waals surface area contributed by atoms with Gasteiger partial charge in [-0.15, -0.1) is 0 Å². The van der Waals surface area contributed by atoms with Crippen molar-refractivity contribution in [1.82, 2.24) is 5.32 Å². The molecule has 1 fully saturated rings. The smallest absolute Gasteiger partial charge is 0.145 e. The quantitative estimate of drug-likeness (QED) is 0.886. The van der Waals surface area contributed by atoms with Gasteiger partial charge in [0, 0.05) is 19.3 Å². The van der Waals surface area contributed by atoms with E-state index >= 15 is 0 Å². The Balaban J connectivity index is 1.53. The largest absolute Gasteiger partial charge is 0.389 e. The van der Waals surface area contributed by atoms with Crippen molar-refractivity contribution in [1.29, 1.82) is 0 Å². The molecule has 1 aromatic carbocycles. The van der Waals surface area contributed by atoms with Gasteiger partial charge < -0.3 is 10.2 Å². The number of nitrogens with one attached hydrogen (secondary N) is 1. The van der Waals surface area contributed by atoms with Crippen molar-refractivity contribution >= 4 is 5.71 Å². The van der Waals surface area contributed by atoms with Crippen LogP contribution >= 0.6 is 0 Å². The Bertz CT molecular complexity index is 421. The van der Waals surface area contributed by atoms with Gasteiger partial charge >= 0.3 is 0 Å². The summed E-state index contributed by atoms with van der Waals surface area (Å²) in [5.74, 6) is 0. The molecule has 0 aliphatic carbocycles. The van der Waals surface area contributed by atoms with Gasteiger partial charge in [0.15, 0.2) is 0 Å². The summed E-state index contributed by atoms with van der Waals surface area (Å²) >= 11 is 0. The fraction of sp³-hybridized carbons (Fsp3) is 0.533. The molecule has 18 heavy (non-hydrogen) atoms. The molecule has 0 radical (unpaired) electrons. The Labute approximate surface area is 108 Å². The molecule has 1 N–H and O–H groups in total. The molecule has 0 bridgehead atoms. The van der Waals surface area contributed by atoms with E-state index in [9.17, 15) is 0 Å². The molecule has 0 atom stereocenters. The van der Waals surface area contributed by atoms with Gasteiger partial charge in [-0.05, 0) is 31.5 Å². The summed E-state index contributed by atoms with van der Waals surface area (Å²) in [6.07, 6.45) is 5.30. The zero-order valence-corrected chi connectivity index (χ0v) is 10.7. The normalized spacial score (nSPS) is 21.7. The minimum atomic E-state index is 0.0251. The summed E-state index contributed by atoms with van der Waals surface area (Å²) in [6.45, 7) is 2.11. The highest BCUT2D eigenvalue weighted by molar-refractivity contribution is 5.86. The zero-order valence-electron chi connectivity index (χ0n) is 10.7. The van der Waals surface area contributed by atoms with Gasteiger partial charge in [-0.2, -0.15) is 0 Å². The van der Waals surface area contributed by atoms with Crippen LogP contribution < -0.4 is 5.32 Å². The number of benzene rings is 1. The highest BCUT2D eigenvalue weighted by Crippen LogP contribution is 2.33. The van der Waals surface area contributed by atoms with E-state index in [1.807, 2.05) is 0 Å². The maximum Gasteiger partial charge on any atom is 0.145 e. The number of hydrogen-bond donors (Lipinski definition) is 1. The predicted molar refractivity (Wildman–Crippen MR) is 72.7 cm³/mol. The van der Waals surface area contributed by atoms with Crippen molar-refractivity contribution in [3.63, 3.8) is 0 Å². The summed E-state index contributed by atoms with van der Waals surface area (Å²) in [5, 5.41) is 7.69. The minimum Gasteiger partial charge on any atom is -0.389 e. The molecule has 1 spiro atoms.